The zero-order valence-electron chi connectivity index (χ0n) is 9.07. The van der Waals surface area contributed by atoms with Crippen LogP contribution in [0.1, 0.15) is 37.5 Å². The summed E-state index contributed by atoms with van der Waals surface area (Å²) in [6, 6.07) is 3.71. The maximum Gasteiger partial charge on any atom is 0.416 e. The summed E-state index contributed by atoms with van der Waals surface area (Å²) in [4.78, 5) is 0. The van der Waals surface area contributed by atoms with Gasteiger partial charge in [0.25, 0.3) is 0 Å². The third-order valence-corrected chi connectivity index (χ3v) is 2.24. The van der Waals surface area contributed by atoms with Crippen LogP contribution in [0.5, 0.6) is 0 Å². The van der Waals surface area contributed by atoms with E-state index >= 15 is 0 Å². The molecule has 0 unspecified atom stereocenters. The molecule has 15 heavy (non-hydrogen) atoms. The second-order valence-corrected chi connectivity index (χ2v) is 4.62. The molecule has 0 spiro atoms. The fourth-order valence-electron chi connectivity index (χ4n) is 1.50. The first kappa shape index (κ1) is 12.1. The third kappa shape index (κ3) is 2.74. The van der Waals surface area contributed by atoms with Crippen molar-refractivity contribution in [3.63, 3.8) is 0 Å². The molecule has 0 aromatic heterocycles. The van der Waals surface area contributed by atoms with E-state index < -0.39 is 11.7 Å². The number of alkyl halides is 3. The van der Waals surface area contributed by atoms with Gasteiger partial charge in [0.2, 0.25) is 0 Å². The molecular weight excluding hydrogens is 201 g/mol. The Kier molecular flexibility index (Phi) is 2.85. The highest BCUT2D eigenvalue weighted by Gasteiger charge is 2.31. The smallest absolute Gasteiger partial charge is 0.166 e. The van der Waals surface area contributed by atoms with Gasteiger partial charge < -0.3 is 0 Å². The fourth-order valence-corrected chi connectivity index (χ4v) is 1.50. The molecule has 0 saturated heterocycles. The van der Waals surface area contributed by atoms with Crippen LogP contribution < -0.4 is 0 Å². The van der Waals surface area contributed by atoms with Crippen LogP contribution >= 0.6 is 0 Å². The minimum atomic E-state index is -4.29. The highest BCUT2D eigenvalue weighted by Crippen LogP contribution is 2.33. The number of hydrogen-bond donors (Lipinski definition) is 0. The van der Waals surface area contributed by atoms with Gasteiger partial charge in [-0.2, -0.15) is 13.2 Å². The third-order valence-electron chi connectivity index (χ3n) is 2.24. The van der Waals surface area contributed by atoms with Gasteiger partial charge in [0.1, 0.15) is 0 Å². The minimum Gasteiger partial charge on any atom is -0.166 e. The molecule has 0 amide bonds. The first-order valence-corrected chi connectivity index (χ1v) is 4.66. The quantitative estimate of drug-likeness (QED) is 0.608. The van der Waals surface area contributed by atoms with Gasteiger partial charge in [-0.1, -0.05) is 26.8 Å². The van der Waals surface area contributed by atoms with Gasteiger partial charge in [-0.05, 0) is 35.6 Å². The van der Waals surface area contributed by atoms with Crippen LogP contribution in [0.3, 0.4) is 0 Å². The zero-order valence-corrected chi connectivity index (χ0v) is 9.07. The van der Waals surface area contributed by atoms with Crippen LogP contribution in [0.15, 0.2) is 18.2 Å². The number of rotatable bonds is 0. The molecule has 1 rings (SSSR count). The molecule has 0 fully saturated rings. The van der Waals surface area contributed by atoms with Crippen LogP contribution in [-0.4, -0.2) is 0 Å². The van der Waals surface area contributed by atoms with Crippen molar-refractivity contribution in [1.82, 2.24) is 0 Å². The second-order valence-electron chi connectivity index (χ2n) is 4.62. The van der Waals surface area contributed by atoms with Crippen molar-refractivity contribution in [3.05, 3.63) is 41.8 Å². The molecule has 1 aromatic carbocycles. The molecule has 1 radical (unpaired) electrons. The van der Waals surface area contributed by atoms with E-state index in [2.05, 4.69) is 6.92 Å². The Hall–Kier alpha value is -0.990. The summed E-state index contributed by atoms with van der Waals surface area (Å²) in [6.45, 7) is 9.51. The van der Waals surface area contributed by atoms with Crippen molar-refractivity contribution in [2.45, 2.75) is 32.4 Å². The average molecular weight is 215 g/mol. The number of halogens is 3. The lowest BCUT2D eigenvalue weighted by Crippen LogP contribution is -2.14. The van der Waals surface area contributed by atoms with E-state index in [1.807, 2.05) is 20.8 Å². The van der Waals surface area contributed by atoms with Gasteiger partial charge in [-0.15, -0.1) is 0 Å². The normalized spacial score (nSPS) is 13.0. The number of hydrogen-bond acceptors (Lipinski definition) is 0. The Balaban J connectivity index is 3.21. The second kappa shape index (κ2) is 3.54. The number of benzene rings is 1. The summed E-state index contributed by atoms with van der Waals surface area (Å²) < 4.78 is 37.1. The zero-order chi connectivity index (χ0) is 11.9. The Labute approximate surface area is 88.1 Å². The Morgan fingerprint density at radius 1 is 1.07 bits per heavy atom. The van der Waals surface area contributed by atoms with Crippen molar-refractivity contribution in [2.24, 2.45) is 0 Å². The first-order valence-electron chi connectivity index (χ1n) is 4.66. The van der Waals surface area contributed by atoms with Crippen LogP contribution in [0, 0.1) is 6.92 Å². The molecule has 0 aliphatic rings. The maximum atomic E-state index is 12.4. The topological polar surface area (TPSA) is 0 Å². The van der Waals surface area contributed by atoms with E-state index in [0.717, 1.165) is 17.7 Å². The lowest BCUT2D eigenvalue weighted by atomic mass is 9.83. The van der Waals surface area contributed by atoms with E-state index in [-0.39, 0.29) is 5.41 Å². The molecule has 0 saturated carbocycles. The van der Waals surface area contributed by atoms with E-state index in [9.17, 15) is 13.2 Å². The summed E-state index contributed by atoms with van der Waals surface area (Å²) in [5, 5.41) is 0. The van der Waals surface area contributed by atoms with E-state index in [1.165, 1.54) is 6.07 Å². The lowest BCUT2D eigenvalue weighted by Gasteiger charge is -2.22. The molecule has 0 heterocycles. The predicted octanol–water partition coefficient (Wildman–Crippen LogP) is 4.19. The van der Waals surface area contributed by atoms with E-state index in [4.69, 9.17) is 0 Å². The standard InChI is InChI=1S/C12H14F3/c1-8-7-9(12(13,14)15)5-6-10(8)11(2,3)4/h5-7H,1H2,2-4H3. The molecule has 0 bridgehead atoms. The van der Waals surface area contributed by atoms with Crippen LogP contribution in [0.4, 0.5) is 13.2 Å². The maximum absolute atomic E-state index is 12.4. The highest BCUT2D eigenvalue weighted by atomic mass is 19.4. The molecule has 1 aromatic rings. The van der Waals surface area contributed by atoms with Crippen molar-refractivity contribution in [2.75, 3.05) is 0 Å². The highest BCUT2D eigenvalue weighted by molar-refractivity contribution is 5.39. The molecule has 0 N–H and O–H groups in total. The van der Waals surface area contributed by atoms with Gasteiger partial charge in [0, 0.05) is 0 Å². The van der Waals surface area contributed by atoms with Gasteiger partial charge in [-0.25, -0.2) is 0 Å². The monoisotopic (exact) mass is 215 g/mol. The summed E-state index contributed by atoms with van der Waals surface area (Å²) >= 11 is 0. The molecule has 83 valence electrons. The lowest BCUT2D eigenvalue weighted by molar-refractivity contribution is -0.137. The van der Waals surface area contributed by atoms with Crippen LogP contribution in [-0.2, 0) is 11.6 Å². The van der Waals surface area contributed by atoms with Gasteiger partial charge in [-0.3, -0.25) is 0 Å². The van der Waals surface area contributed by atoms with Crippen molar-refractivity contribution < 1.29 is 13.2 Å². The minimum absolute atomic E-state index is 0.179. The van der Waals surface area contributed by atoms with Crippen molar-refractivity contribution in [1.29, 1.82) is 0 Å². The summed E-state index contributed by atoms with van der Waals surface area (Å²) in [7, 11) is 0. The predicted molar refractivity (Wildman–Crippen MR) is 54.6 cm³/mol. The molecule has 0 aliphatic heterocycles. The van der Waals surface area contributed by atoms with Gasteiger partial charge in [0.05, 0.1) is 5.56 Å². The fraction of sp³-hybridized carbons (Fsp3) is 0.417. The molecule has 0 nitrogen and oxygen atoms in total. The van der Waals surface area contributed by atoms with Gasteiger partial charge in [0.15, 0.2) is 0 Å². The summed E-state index contributed by atoms with van der Waals surface area (Å²) in [6.07, 6.45) is -4.29. The molecule has 0 atom stereocenters. The molecule has 0 aliphatic carbocycles. The van der Waals surface area contributed by atoms with Gasteiger partial charge >= 0.3 is 6.18 Å². The average Bonchev–Trinajstić information content (AvgIpc) is 1.99. The Morgan fingerprint density at radius 2 is 1.60 bits per heavy atom. The summed E-state index contributed by atoms with van der Waals surface area (Å²) in [5.41, 5.74) is 0.467. The van der Waals surface area contributed by atoms with Crippen LogP contribution in [0.25, 0.3) is 0 Å². The first-order chi connectivity index (χ1) is 6.62. The Bertz CT molecular complexity index is 356. The van der Waals surface area contributed by atoms with E-state index in [0.29, 0.717) is 5.56 Å². The Morgan fingerprint density at radius 3 is 1.93 bits per heavy atom. The van der Waals surface area contributed by atoms with Crippen LogP contribution in [0.2, 0.25) is 0 Å². The van der Waals surface area contributed by atoms with Crippen molar-refractivity contribution in [3.8, 4) is 0 Å². The largest absolute Gasteiger partial charge is 0.416 e. The molecular formula is C12H14F3. The SMILES string of the molecule is [CH2]c1cc(C(F)(F)F)ccc1C(C)(C)C. The van der Waals surface area contributed by atoms with E-state index in [1.54, 1.807) is 0 Å². The molecule has 3 heteroatoms. The summed E-state index contributed by atoms with van der Waals surface area (Å²) in [5.74, 6) is 0. The van der Waals surface area contributed by atoms with Crippen molar-refractivity contribution >= 4 is 0 Å².